The SMILES string of the molecule is CCOc1ccc(OCCC2=CC2)c(F)c1F. The first-order chi connectivity index (χ1) is 8.22. The minimum absolute atomic E-state index is 0.0628. The van der Waals surface area contributed by atoms with Crippen LogP contribution < -0.4 is 9.47 Å². The van der Waals surface area contributed by atoms with Crippen molar-refractivity contribution < 1.29 is 18.3 Å². The summed E-state index contributed by atoms with van der Waals surface area (Å²) in [5.74, 6) is -2.12. The molecule has 0 spiro atoms. The van der Waals surface area contributed by atoms with E-state index in [0.717, 1.165) is 12.8 Å². The molecule has 0 atom stereocenters. The predicted octanol–water partition coefficient (Wildman–Crippen LogP) is 3.46. The second kappa shape index (κ2) is 5.17. The lowest BCUT2D eigenvalue weighted by Crippen LogP contribution is -2.02. The number of hydrogen-bond donors (Lipinski definition) is 0. The molecule has 1 aromatic rings. The van der Waals surface area contributed by atoms with Gasteiger partial charge in [0.15, 0.2) is 11.5 Å². The van der Waals surface area contributed by atoms with Crippen LogP contribution in [0.4, 0.5) is 8.78 Å². The molecule has 0 amide bonds. The highest BCUT2D eigenvalue weighted by Gasteiger charge is 2.15. The van der Waals surface area contributed by atoms with Crippen LogP contribution in [-0.2, 0) is 0 Å². The Bertz CT molecular complexity index is 441. The number of halogens is 2. The van der Waals surface area contributed by atoms with E-state index in [1.165, 1.54) is 17.7 Å². The van der Waals surface area contributed by atoms with Crippen LogP contribution in [-0.4, -0.2) is 13.2 Å². The number of benzene rings is 1. The third kappa shape index (κ3) is 2.96. The van der Waals surface area contributed by atoms with Crippen molar-refractivity contribution >= 4 is 0 Å². The van der Waals surface area contributed by atoms with Crippen LogP contribution >= 0.6 is 0 Å². The van der Waals surface area contributed by atoms with Gasteiger partial charge in [-0.2, -0.15) is 8.78 Å². The summed E-state index contributed by atoms with van der Waals surface area (Å²) in [5, 5.41) is 0. The second-order valence-electron chi connectivity index (χ2n) is 3.79. The molecule has 0 fully saturated rings. The van der Waals surface area contributed by atoms with Gasteiger partial charge in [0.05, 0.1) is 13.2 Å². The standard InChI is InChI=1S/C13H14F2O2/c1-2-16-10-5-6-11(13(15)12(10)14)17-8-7-9-3-4-9/h3,5-6H,2,4,7-8H2,1H3. The topological polar surface area (TPSA) is 18.5 Å². The van der Waals surface area contributed by atoms with Crippen LogP contribution in [0.3, 0.4) is 0 Å². The van der Waals surface area contributed by atoms with E-state index in [4.69, 9.17) is 9.47 Å². The first-order valence-corrected chi connectivity index (χ1v) is 5.64. The van der Waals surface area contributed by atoms with Gasteiger partial charge in [0.1, 0.15) is 0 Å². The Kier molecular flexibility index (Phi) is 3.61. The maximum Gasteiger partial charge on any atom is 0.204 e. The van der Waals surface area contributed by atoms with Gasteiger partial charge >= 0.3 is 0 Å². The number of allylic oxidation sites excluding steroid dienone is 1. The number of rotatable bonds is 6. The Morgan fingerprint density at radius 1 is 1.12 bits per heavy atom. The molecule has 0 aliphatic heterocycles. The van der Waals surface area contributed by atoms with Gasteiger partial charge < -0.3 is 9.47 Å². The van der Waals surface area contributed by atoms with Crippen molar-refractivity contribution in [2.45, 2.75) is 19.8 Å². The Morgan fingerprint density at radius 3 is 2.24 bits per heavy atom. The van der Waals surface area contributed by atoms with E-state index in [9.17, 15) is 8.78 Å². The molecule has 0 radical (unpaired) electrons. The van der Waals surface area contributed by atoms with E-state index in [1.54, 1.807) is 6.92 Å². The summed E-state index contributed by atoms with van der Waals surface area (Å²) in [6.45, 7) is 2.38. The van der Waals surface area contributed by atoms with Crippen molar-refractivity contribution in [1.29, 1.82) is 0 Å². The molecule has 0 saturated carbocycles. The molecular weight excluding hydrogens is 226 g/mol. The molecule has 4 heteroatoms. The summed E-state index contributed by atoms with van der Waals surface area (Å²) >= 11 is 0. The molecule has 1 aliphatic rings. The molecule has 0 unspecified atom stereocenters. The van der Waals surface area contributed by atoms with Gasteiger partial charge in [0.25, 0.3) is 0 Å². The molecule has 2 nitrogen and oxygen atoms in total. The van der Waals surface area contributed by atoms with Crippen molar-refractivity contribution in [3.05, 3.63) is 35.4 Å². The third-order valence-corrected chi connectivity index (χ3v) is 2.48. The van der Waals surface area contributed by atoms with Crippen LogP contribution in [0.1, 0.15) is 19.8 Å². The van der Waals surface area contributed by atoms with Gasteiger partial charge in [-0.1, -0.05) is 11.6 Å². The van der Waals surface area contributed by atoms with E-state index in [-0.39, 0.29) is 11.5 Å². The molecule has 0 N–H and O–H groups in total. The Balaban J connectivity index is 2.01. The molecule has 1 aliphatic carbocycles. The van der Waals surface area contributed by atoms with E-state index in [0.29, 0.717) is 13.2 Å². The molecule has 0 heterocycles. The van der Waals surface area contributed by atoms with Crippen molar-refractivity contribution in [1.82, 2.24) is 0 Å². The zero-order valence-electron chi connectivity index (χ0n) is 9.63. The number of hydrogen-bond acceptors (Lipinski definition) is 2. The Hall–Kier alpha value is -1.58. The minimum Gasteiger partial charge on any atom is -0.491 e. The van der Waals surface area contributed by atoms with E-state index in [2.05, 4.69) is 6.08 Å². The fraction of sp³-hybridized carbons (Fsp3) is 0.385. The monoisotopic (exact) mass is 240 g/mol. The highest BCUT2D eigenvalue weighted by molar-refractivity contribution is 5.35. The van der Waals surface area contributed by atoms with Gasteiger partial charge in [0, 0.05) is 6.42 Å². The molecular formula is C13H14F2O2. The summed E-state index contributed by atoms with van der Waals surface area (Å²) in [6, 6.07) is 2.78. The van der Waals surface area contributed by atoms with Crippen LogP contribution in [0.2, 0.25) is 0 Å². The van der Waals surface area contributed by atoms with Crippen LogP contribution in [0.25, 0.3) is 0 Å². The third-order valence-electron chi connectivity index (χ3n) is 2.48. The smallest absolute Gasteiger partial charge is 0.204 e. The highest BCUT2D eigenvalue weighted by atomic mass is 19.2. The maximum absolute atomic E-state index is 13.5. The quantitative estimate of drug-likeness (QED) is 0.709. The molecule has 0 saturated heterocycles. The summed E-state index contributed by atoms with van der Waals surface area (Å²) in [6.07, 6.45) is 3.87. The average Bonchev–Trinajstić information content (AvgIpc) is 3.12. The highest BCUT2D eigenvalue weighted by Crippen LogP contribution is 2.28. The van der Waals surface area contributed by atoms with Crippen LogP contribution in [0, 0.1) is 11.6 Å². The van der Waals surface area contributed by atoms with Crippen molar-refractivity contribution in [3.8, 4) is 11.5 Å². The van der Waals surface area contributed by atoms with Crippen LogP contribution in [0.5, 0.6) is 11.5 Å². The van der Waals surface area contributed by atoms with Crippen molar-refractivity contribution in [2.24, 2.45) is 0 Å². The van der Waals surface area contributed by atoms with E-state index in [1.807, 2.05) is 0 Å². The maximum atomic E-state index is 13.5. The zero-order chi connectivity index (χ0) is 12.3. The molecule has 0 aromatic heterocycles. The first kappa shape index (κ1) is 11.9. The van der Waals surface area contributed by atoms with Gasteiger partial charge in [-0.25, -0.2) is 0 Å². The first-order valence-electron chi connectivity index (χ1n) is 5.64. The largest absolute Gasteiger partial charge is 0.491 e. The average molecular weight is 240 g/mol. The lowest BCUT2D eigenvalue weighted by atomic mass is 10.3. The molecule has 1 aromatic carbocycles. The molecule has 2 rings (SSSR count). The Morgan fingerprint density at radius 2 is 1.71 bits per heavy atom. The minimum atomic E-state index is -0.991. The molecule has 17 heavy (non-hydrogen) atoms. The number of ether oxygens (including phenoxy) is 2. The zero-order valence-corrected chi connectivity index (χ0v) is 9.63. The Labute approximate surface area is 98.8 Å². The summed E-state index contributed by atoms with van der Waals surface area (Å²) in [5.41, 5.74) is 1.30. The van der Waals surface area contributed by atoms with Gasteiger partial charge in [-0.15, -0.1) is 0 Å². The van der Waals surface area contributed by atoms with Gasteiger partial charge in [0.2, 0.25) is 11.6 Å². The van der Waals surface area contributed by atoms with Crippen molar-refractivity contribution in [2.75, 3.05) is 13.2 Å². The lowest BCUT2D eigenvalue weighted by Gasteiger charge is -2.09. The second-order valence-corrected chi connectivity index (χ2v) is 3.79. The van der Waals surface area contributed by atoms with Gasteiger partial charge in [-0.3, -0.25) is 0 Å². The fourth-order valence-electron chi connectivity index (χ4n) is 1.46. The molecule has 92 valence electrons. The summed E-state index contributed by atoms with van der Waals surface area (Å²) in [4.78, 5) is 0. The fourth-order valence-corrected chi connectivity index (χ4v) is 1.46. The lowest BCUT2D eigenvalue weighted by molar-refractivity contribution is 0.284. The van der Waals surface area contributed by atoms with E-state index >= 15 is 0 Å². The summed E-state index contributed by atoms with van der Waals surface area (Å²) < 4.78 is 37.1. The normalized spacial score (nSPS) is 13.2. The summed E-state index contributed by atoms with van der Waals surface area (Å²) in [7, 11) is 0. The van der Waals surface area contributed by atoms with E-state index < -0.39 is 11.6 Å². The van der Waals surface area contributed by atoms with Gasteiger partial charge in [-0.05, 0) is 25.5 Å². The van der Waals surface area contributed by atoms with Crippen molar-refractivity contribution in [3.63, 3.8) is 0 Å². The van der Waals surface area contributed by atoms with Crippen LogP contribution in [0.15, 0.2) is 23.8 Å². The predicted molar refractivity (Wildman–Crippen MR) is 60.3 cm³/mol. The molecule has 0 bridgehead atoms.